The summed E-state index contributed by atoms with van der Waals surface area (Å²) >= 11 is 0. The van der Waals surface area contributed by atoms with Gasteiger partial charge in [-0.25, -0.2) is 4.98 Å². The fourth-order valence-corrected chi connectivity index (χ4v) is 4.58. The van der Waals surface area contributed by atoms with Crippen molar-refractivity contribution < 1.29 is 4.79 Å². The number of carbonyl (C=O) groups excluding carboxylic acids is 1. The van der Waals surface area contributed by atoms with E-state index in [2.05, 4.69) is 51.8 Å². The minimum Gasteiger partial charge on any atom is -0.352 e. The quantitative estimate of drug-likeness (QED) is 0.316. The Bertz CT molecular complexity index is 1630. The molecule has 7 nitrogen and oxygen atoms in total. The van der Waals surface area contributed by atoms with Crippen LogP contribution in [0.1, 0.15) is 34.3 Å². The Morgan fingerprint density at radius 1 is 1.00 bits per heavy atom. The number of aromatic amines is 1. The predicted octanol–water partition coefficient (Wildman–Crippen LogP) is 5.16. The van der Waals surface area contributed by atoms with Crippen molar-refractivity contribution in [3.63, 3.8) is 0 Å². The number of hydrogen-bond donors (Lipinski definition) is 3. The van der Waals surface area contributed by atoms with Gasteiger partial charge in [-0.05, 0) is 67.8 Å². The molecule has 1 saturated carbocycles. The zero-order chi connectivity index (χ0) is 24.7. The first kappa shape index (κ1) is 21.9. The van der Waals surface area contributed by atoms with E-state index in [4.69, 9.17) is 0 Å². The highest BCUT2D eigenvalue weighted by Crippen LogP contribution is 2.45. The molecule has 0 spiro atoms. The first-order chi connectivity index (χ1) is 17.5. The zero-order valence-corrected chi connectivity index (χ0v) is 19.8. The molecule has 0 saturated heterocycles. The maximum atomic E-state index is 13.0. The normalized spacial score (nSPS) is 13.9. The van der Waals surface area contributed by atoms with Crippen molar-refractivity contribution in [3.8, 4) is 11.3 Å². The predicted molar refractivity (Wildman–Crippen MR) is 141 cm³/mol. The van der Waals surface area contributed by atoms with Crippen molar-refractivity contribution in [1.82, 2.24) is 19.7 Å². The van der Waals surface area contributed by atoms with Crippen molar-refractivity contribution in [2.75, 3.05) is 5.32 Å². The van der Waals surface area contributed by atoms with Gasteiger partial charge in [0.25, 0.3) is 5.91 Å². The van der Waals surface area contributed by atoms with Gasteiger partial charge in [0.2, 0.25) is 5.56 Å². The Labute approximate surface area is 207 Å². The number of amides is 1. The number of imidazole rings is 1. The number of nitrogens with zero attached hydrogens (tertiary/aromatic N) is 2. The van der Waals surface area contributed by atoms with Crippen LogP contribution in [0, 0.1) is 6.92 Å². The van der Waals surface area contributed by atoms with Gasteiger partial charge in [-0.3, -0.25) is 14.0 Å². The summed E-state index contributed by atoms with van der Waals surface area (Å²) in [6.45, 7) is 2.06. The molecule has 0 atom stereocenters. The Morgan fingerprint density at radius 3 is 2.50 bits per heavy atom. The van der Waals surface area contributed by atoms with Crippen molar-refractivity contribution in [1.29, 1.82) is 0 Å². The number of fused-ring (bicyclic) bond motifs is 1. The van der Waals surface area contributed by atoms with E-state index >= 15 is 0 Å². The Hall–Kier alpha value is -4.65. The largest absolute Gasteiger partial charge is 0.352 e. The summed E-state index contributed by atoms with van der Waals surface area (Å²) in [4.78, 5) is 31.9. The van der Waals surface area contributed by atoms with E-state index in [9.17, 15) is 9.59 Å². The molecule has 1 amide bonds. The van der Waals surface area contributed by atoms with Gasteiger partial charge in [-0.15, -0.1) is 0 Å². The summed E-state index contributed by atoms with van der Waals surface area (Å²) in [5, 5.41) is 6.64. The number of hydrogen-bond acceptors (Lipinski definition) is 4. The second-order valence-electron chi connectivity index (χ2n) is 9.30. The van der Waals surface area contributed by atoms with Gasteiger partial charge in [0, 0.05) is 41.5 Å². The summed E-state index contributed by atoms with van der Waals surface area (Å²) < 4.78 is 1.94. The van der Waals surface area contributed by atoms with Crippen LogP contribution < -0.4 is 16.2 Å². The van der Waals surface area contributed by atoms with Crippen molar-refractivity contribution in [3.05, 3.63) is 118 Å². The third kappa shape index (κ3) is 4.05. The van der Waals surface area contributed by atoms with Crippen LogP contribution >= 0.6 is 0 Å². The molecule has 0 bridgehead atoms. The van der Waals surface area contributed by atoms with Gasteiger partial charge in [-0.2, -0.15) is 0 Å². The van der Waals surface area contributed by atoms with Gasteiger partial charge in [-0.1, -0.05) is 29.8 Å². The Morgan fingerprint density at radius 2 is 1.78 bits per heavy atom. The molecule has 3 heterocycles. The number of carbonyl (C=O) groups is 1. The molecule has 2 aromatic carbocycles. The average Bonchev–Trinajstić information content (AvgIpc) is 3.49. The molecule has 0 radical (unpaired) electrons. The summed E-state index contributed by atoms with van der Waals surface area (Å²) in [6, 6.07) is 23.1. The molecule has 7 heteroatoms. The molecule has 36 heavy (non-hydrogen) atoms. The van der Waals surface area contributed by atoms with E-state index in [0.29, 0.717) is 5.56 Å². The molecule has 3 N–H and O–H groups in total. The summed E-state index contributed by atoms with van der Waals surface area (Å²) in [5.74, 6) is -0.0718. The molecule has 1 aliphatic carbocycles. The summed E-state index contributed by atoms with van der Waals surface area (Å²) in [7, 11) is 0. The molecule has 178 valence electrons. The zero-order valence-electron chi connectivity index (χ0n) is 19.8. The molecule has 0 unspecified atom stereocenters. The van der Waals surface area contributed by atoms with Crippen LogP contribution in [-0.4, -0.2) is 20.3 Å². The number of pyridine rings is 2. The number of rotatable bonds is 6. The number of aryl methyl sites for hydroxylation is 1. The maximum Gasteiger partial charge on any atom is 0.251 e. The first-order valence-electron chi connectivity index (χ1n) is 11.9. The minimum absolute atomic E-state index is 0.0718. The number of H-pyrrole nitrogens is 1. The molecule has 0 aliphatic heterocycles. The molecule has 3 aromatic heterocycles. The van der Waals surface area contributed by atoms with Gasteiger partial charge >= 0.3 is 0 Å². The number of benzene rings is 2. The molecule has 5 aromatic rings. The minimum atomic E-state index is -0.251. The van der Waals surface area contributed by atoms with E-state index in [-0.39, 0.29) is 17.0 Å². The highest BCUT2D eigenvalue weighted by Gasteiger charge is 2.45. The molecular weight excluding hydrogens is 450 g/mol. The van der Waals surface area contributed by atoms with E-state index in [0.717, 1.165) is 46.7 Å². The van der Waals surface area contributed by atoms with Crippen LogP contribution in [0.4, 0.5) is 11.4 Å². The maximum absolute atomic E-state index is 13.0. The lowest BCUT2D eigenvalue weighted by atomic mass is 10.0. The van der Waals surface area contributed by atoms with Gasteiger partial charge in [0.05, 0.1) is 16.9 Å². The smallest absolute Gasteiger partial charge is 0.251 e. The molecule has 1 aliphatic rings. The Kier molecular flexibility index (Phi) is 5.18. The van der Waals surface area contributed by atoms with E-state index in [1.54, 1.807) is 18.5 Å². The highest BCUT2D eigenvalue weighted by atomic mass is 16.2. The van der Waals surface area contributed by atoms with Crippen LogP contribution in [0.15, 0.2) is 96.2 Å². The van der Waals surface area contributed by atoms with E-state index < -0.39 is 0 Å². The van der Waals surface area contributed by atoms with Crippen LogP contribution in [0.3, 0.4) is 0 Å². The lowest BCUT2D eigenvalue weighted by Crippen LogP contribution is -2.34. The molecular formula is C29H25N5O2. The van der Waals surface area contributed by atoms with Gasteiger partial charge < -0.3 is 15.6 Å². The van der Waals surface area contributed by atoms with Crippen LogP contribution in [0.5, 0.6) is 0 Å². The lowest BCUT2D eigenvalue weighted by molar-refractivity contribution is 0.0931. The fourth-order valence-electron chi connectivity index (χ4n) is 4.58. The van der Waals surface area contributed by atoms with Crippen LogP contribution in [-0.2, 0) is 5.54 Å². The molecule has 1 fully saturated rings. The van der Waals surface area contributed by atoms with Crippen LogP contribution in [0.2, 0.25) is 0 Å². The third-order valence-corrected chi connectivity index (χ3v) is 6.75. The van der Waals surface area contributed by atoms with Crippen molar-refractivity contribution in [2.24, 2.45) is 0 Å². The summed E-state index contributed by atoms with van der Waals surface area (Å²) in [5.41, 5.74) is 6.67. The van der Waals surface area contributed by atoms with Gasteiger partial charge in [0.15, 0.2) is 5.65 Å². The first-order valence-corrected chi connectivity index (χ1v) is 11.9. The topological polar surface area (TPSA) is 91.3 Å². The number of aromatic nitrogens is 3. The van der Waals surface area contributed by atoms with E-state index in [1.165, 1.54) is 5.56 Å². The van der Waals surface area contributed by atoms with Gasteiger partial charge in [0.1, 0.15) is 0 Å². The number of anilines is 2. The third-order valence-electron chi connectivity index (χ3n) is 6.75. The lowest BCUT2D eigenvalue weighted by Gasteiger charge is -2.18. The second-order valence-corrected chi connectivity index (χ2v) is 9.30. The second kappa shape index (κ2) is 8.53. The van der Waals surface area contributed by atoms with E-state index in [1.807, 2.05) is 53.1 Å². The fraction of sp³-hybridized carbons (Fsp3) is 0.138. The Balaban J connectivity index is 1.20. The van der Waals surface area contributed by atoms with Crippen molar-refractivity contribution in [2.45, 2.75) is 25.3 Å². The average molecular weight is 476 g/mol. The monoisotopic (exact) mass is 475 g/mol. The van der Waals surface area contributed by atoms with Crippen LogP contribution in [0.25, 0.3) is 16.9 Å². The molecule has 6 rings (SSSR count). The SMILES string of the molecule is Cc1ccc(C2(NC(=O)c3ccc(Nc4ccc(-c5cc[nH]c(=O)c5)n5ccnc45)cc3)CC2)cc1. The summed E-state index contributed by atoms with van der Waals surface area (Å²) in [6.07, 6.45) is 7.14. The standard InChI is InChI=1S/C29H25N5O2/c1-19-2-6-22(7-3-19)29(13-14-29)33-28(36)20-4-8-23(9-5-20)32-24-10-11-25(34-17-16-31-27(24)34)21-12-15-30-26(35)18-21/h2-12,15-18,32H,13-14H2,1H3,(H,30,35)(H,33,36). The number of nitrogens with one attached hydrogen (secondary N) is 3. The highest BCUT2D eigenvalue weighted by molar-refractivity contribution is 5.95. The van der Waals surface area contributed by atoms with Crippen molar-refractivity contribution >= 4 is 22.9 Å².